The maximum Gasteiger partial charge on any atom is 0.259 e. The van der Waals surface area contributed by atoms with Gasteiger partial charge in [-0.3, -0.25) is 4.68 Å². The minimum atomic E-state index is -3.67. The Kier molecular flexibility index (Phi) is 3.42. The molecular formula is C9H13Cl2N3O2S. The Balaban J connectivity index is 2.31. The van der Waals surface area contributed by atoms with Crippen LogP contribution in [0.1, 0.15) is 19.3 Å². The van der Waals surface area contributed by atoms with Gasteiger partial charge in [0.1, 0.15) is 0 Å². The van der Waals surface area contributed by atoms with E-state index in [0.717, 1.165) is 19.3 Å². The standard InChI is InChI=1S/C9H13Cl2N3O2S/c1-14-8(7(11)5-12-14)17(15,16)13-9(6-10)3-2-4-9/h5,13H,2-4,6H2,1H3. The molecular weight excluding hydrogens is 285 g/mol. The average Bonchev–Trinajstić information content (AvgIpc) is 2.53. The zero-order valence-corrected chi connectivity index (χ0v) is 11.6. The van der Waals surface area contributed by atoms with E-state index >= 15 is 0 Å². The van der Waals surface area contributed by atoms with Gasteiger partial charge < -0.3 is 0 Å². The molecule has 0 spiro atoms. The number of halogens is 2. The van der Waals surface area contributed by atoms with Gasteiger partial charge in [-0.1, -0.05) is 11.6 Å². The first-order valence-electron chi connectivity index (χ1n) is 5.18. The van der Waals surface area contributed by atoms with Crippen LogP contribution in [0.5, 0.6) is 0 Å². The summed E-state index contributed by atoms with van der Waals surface area (Å²) in [5.41, 5.74) is -0.520. The van der Waals surface area contributed by atoms with Crippen molar-refractivity contribution in [1.29, 1.82) is 0 Å². The van der Waals surface area contributed by atoms with E-state index in [1.807, 2.05) is 0 Å². The van der Waals surface area contributed by atoms with Crippen molar-refractivity contribution < 1.29 is 8.42 Å². The lowest BCUT2D eigenvalue weighted by Gasteiger charge is -2.40. The van der Waals surface area contributed by atoms with Crippen molar-refractivity contribution >= 4 is 33.2 Å². The zero-order valence-electron chi connectivity index (χ0n) is 9.28. The average molecular weight is 298 g/mol. The molecule has 17 heavy (non-hydrogen) atoms. The third-order valence-corrected chi connectivity index (χ3v) is 5.61. The van der Waals surface area contributed by atoms with E-state index in [1.165, 1.54) is 17.9 Å². The van der Waals surface area contributed by atoms with Gasteiger partial charge in [-0.25, -0.2) is 13.1 Å². The Morgan fingerprint density at radius 2 is 2.24 bits per heavy atom. The number of nitrogens with one attached hydrogen (secondary N) is 1. The fourth-order valence-electron chi connectivity index (χ4n) is 1.90. The molecule has 5 nitrogen and oxygen atoms in total. The molecule has 2 rings (SSSR count). The van der Waals surface area contributed by atoms with Crippen LogP contribution in [0.3, 0.4) is 0 Å². The van der Waals surface area contributed by atoms with E-state index in [9.17, 15) is 8.42 Å². The molecule has 1 aromatic rings. The highest BCUT2D eigenvalue weighted by Crippen LogP contribution is 2.35. The van der Waals surface area contributed by atoms with Gasteiger partial charge in [0.2, 0.25) is 0 Å². The molecule has 0 aliphatic heterocycles. The molecule has 1 aliphatic carbocycles. The minimum Gasteiger partial charge on any atom is -0.255 e. The third kappa shape index (κ3) is 2.31. The highest BCUT2D eigenvalue weighted by Gasteiger charge is 2.41. The molecule has 1 aromatic heterocycles. The monoisotopic (exact) mass is 297 g/mol. The molecule has 96 valence electrons. The molecule has 1 fully saturated rings. The van der Waals surface area contributed by atoms with Gasteiger partial charge in [0.05, 0.1) is 11.2 Å². The Bertz CT molecular complexity index is 497. The number of nitrogens with zero attached hydrogens (tertiary/aromatic N) is 2. The second-order valence-corrected chi connectivity index (χ2v) is 6.57. The molecule has 0 saturated heterocycles. The lowest BCUT2D eigenvalue weighted by molar-refractivity contribution is 0.252. The number of sulfonamides is 1. The topological polar surface area (TPSA) is 64.0 Å². The van der Waals surface area contributed by atoms with E-state index in [2.05, 4.69) is 9.82 Å². The minimum absolute atomic E-state index is 0.0180. The number of aryl methyl sites for hydroxylation is 1. The molecule has 0 unspecified atom stereocenters. The highest BCUT2D eigenvalue weighted by atomic mass is 35.5. The fourth-order valence-corrected chi connectivity index (χ4v) is 4.43. The van der Waals surface area contributed by atoms with Gasteiger partial charge in [-0.05, 0) is 19.3 Å². The van der Waals surface area contributed by atoms with Crippen molar-refractivity contribution in [2.45, 2.75) is 29.8 Å². The van der Waals surface area contributed by atoms with Crippen LogP contribution < -0.4 is 4.72 Å². The highest BCUT2D eigenvalue weighted by molar-refractivity contribution is 7.89. The van der Waals surface area contributed by atoms with Crippen molar-refractivity contribution in [2.24, 2.45) is 7.05 Å². The van der Waals surface area contributed by atoms with Gasteiger partial charge in [0.25, 0.3) is 10.0 Å². The Morgan fingerprint density at radius 1 is 1.59 bits per heavy atom. The van der Waals surface area contributed by atoms with Crippen molar-refractivity contribution in [1.82, 2.24) is 14.5 Å². The maximum absolute atomic E-state index is 12.2. The van der Waals surface area contributed by atoms with E-state index in [4.69, 9.17) is 23.2 Å². The van der Waals surface area contributed by atoms with E-state index in [-0.39, 0.29) is 15.9 Å². The molecule has 0 atom stereocenters. The lowest BCUT2D eigenvalue weighted by atomic mass is 9.79. The second-order valence-electron chi connectivity index (χ2n) is 4.29. The van der Waals surface area contributed by atoms with E-state index in [0.29, 0.717) is 0 Å². The molecule has 1 saturated carbocycles. The van der Waals surface area contributed by atoms with E-state index in [1.54, 1.807) is 0 Å². The number of hydrogen-bond donors (Lipinski definition) is 1. The molecule has 0 radical (unpaired) electrons. The summed E-state index contributed by atoms with van der Waals surface area (Å²) in [5.74, 6) is 0.266. The number of aromatic nitrogens is 2. The molecule has 0 amide bonds. The molecule has 1 aliphatic rings. The molecule has 1 heterocycles. The van der Waals surface area contributed by atoms with Gasteiger partial charge in [-0.15, -0.1) is 11.6 Å². The predicted molar refractivity (Wildman–Crippen MR) is 65.8 cm³/mol. The van der Waals surface area contributed by atoms with Crippen LogP contribution in [0.4, 0.5) is 0 Å². The predicted octanol–water partition coefficient (Wildman–Crippen LogP) is 1.51. The van der Waals surface area contributed by atoms with E-state index < -0.39 is 15.6 Å². The number of rotatable bonds is 4. The van der Waals surface area contributed by atoms with Crippen LogP contribution in [-0.4, -0.2) is 29.6 Å². The first-order chi connectivity index (χ1) is 7.90. The quantitative estimate of drug-likeness (QED) is 0.857. The summed E-state index contributed by atoms with van der Waals surface area (Å²) in [6.45, 7) is 0. The summed E-state index contributed by atoms with van der Waals surface area (Å²) in [7, 11) is -2.14. The summed E-state index contributed by atoms with van der Waals surface area (Å²) < 4.78 is 28.3. The fraction of sp³-hybridized carbons (Fsp3) is 0.667. The summed E-state index contributed by atoms with van der Waals surface area (Å²) in [6.07, 6.45) is 3.80. The number of alkyl halides is 1. The SMILES string of the molecule is Cn1ncc(Cl)c1S(=O)(=O)NC1(CCl)CCC1. The summed E-state index contributed by atoms with van der Waals surface area (Å²) in [5, 5.41) is 3.91. The van der Waals surface area contributed by atoms with Crippen LogP contribution in [-0.2, 0) is 17.1 Å². The van der Waals surface area contributed by atoms with Crippen LogP contribution in [0.25, 0.3) is 0 Å². The molecule has 0 aromatic carbocycles. The zero-order chi connectivity index (χ0) is 12.7. The largest absolute Gasteiger partial charge is 0.259 e. The van der Waals surface area contributed by atoms with Crippen LogP contribution >= 0.6 is 23.2 Å². The first-order valence-corrected chi connectivity index (χ1v) is 7.57. The van der Waals surface area contributed by atoms with Crippen LogP contribution in [0.15, 0.2) is 11.2 Å². The Morgan fingerprint density at radius 3 is 2.59 bits per heavy atom. The van der Waals surface area contributed by atoms with Crippen LogP contribution in [0.2, 0.25) is 5.02 Å². The van der Waals surface area contributed by atoms with Gasteiger partial charge in [-0.2, -0.15) is 5.10 Å². The maximum atomic E-state index is 12.2. The number of hydrogen-bond acceptors (Lipinski definition) is 3. The van der Waals surface area contributed by atoms with Crippen LogP contribution in [0, 0.1) is 0 Å². The summed E-state index contributed by atoms with van der Waals surface area (Å²) in [6, 6.07) is 0. The molecule has 8 heteroatoms. The lowest BCUT2D eigenvalue weighted by Crippen LogP contribution is -2.55. The van der Waals surface area contributed by atoms with Crippen molar-refractivity contribution in [3.05, 3.63) is 11.2 Å². The molecule has 0 bridgehead atoms. The van der Waals surface area contributed by atoms with Crippen molar-refractivity contribution in [3.8, 4) is 0 Å². The summed E-state index contributed by atoms with van der Waals surface area (Å²) >= 11 is 11.7. The Hall–Kier alpha value is -0.300. The van der Waals surface area contributed by atoms with Gasteiger partial charge >= 0.3 is 0 Å². The molecule has 1 N–H and O–H groups in total. The normalized spacial score (nSPS) is 19.0. The van der Waals surface area contributed by atoms with Gasteiger partial charge in [0, 0.05) is 18.5 Å². The smallest absolute Gasteiger partial charge is 0.255 e. The summed E-state index contributed by atoms with van der Waals surface area (Å²) in [4.78, 5) is 0. The second kappa shape index (κ2) is 4.42. The van der Waals surface area contributed by atoms with Crippen molar-refractivity contribution in [3.63, 3.8) is 0 Å². The third-order valence-electron chi connectivity index (χ3n) is 3.01. The van der Waals surface area contributed by atoms with Crippen molar-refractivity contribution in [2.75, 3.05) is 5.88 Å². The van der Waals surface area contributed by atoms with Gasteiger partial charge in [0.15, 0.2) is 5.03 Å². The Labute approximate surface area is 110 Å². The first kappa shape index (κ1) is 13.1.